The van der Waals surface area contributed by atoms with Gasteiger partial charge in [0.2, 0.25) is 0 Å². The van der Waals surface area contributed by atoms with Gasteiger partial charge in [-0.25, -0.2) is 0 Å². The predicted octanol–water partition coefficient (Wildman–Crippen LogP) is 3.10. The van der Waals surface area contributed by atoms with Crippen LogP contribution in [0.25, 0.3) is 0 Å². The third kappa shape index (κ3) is 2.59. The lowest BCUT2D eigenvalue weighted by Gasteiger charge is -2.55. The molecule has 0 saturated heterocycles. The second kappa shape index (κ2) is 5.93. The van der Waals surface area contributed by atoms with Crippen molar-refractivity contribution in [3.05, 3.63) is 11.6 Å². The summed E-state index contributed by atoms with van der Waals surface area (Å²) in [5, 5.41) is 27.7. The minimum absolute atomic E-state index is 0.129. The van der Waals surface area contributed by atoms with Crippen LogP contribution < -0.4 is 0 Å². The highest BCUT2D eigenvalue weighted by molar-refractivity contribution is 5.06. The van der Waals surface area contributed by atoms with Crippen LogP contribution in [0.5, 0.6) is 0 Å². The molecule has 8 aliphatic carbocycles. The molecule has 2 aromatic heterocycles. The van der Waals surface area contributed by atoms with E-state index in [-0.39, 0.29) is 11.1 Å². The van der Waals surface area contributed by atoms with Crippen LogP contribution in [0.15, 0.2) is 0 Å². The number of hydrogen-bond donors (Lipinski definition) is 0. The van der Waals surface area contributed by atoms with Crippen molar-refractivity contribution in [2.45, 2.75) is 94.5 Å². The Hall–Kier alpha value is -1.86. The van der Waals surface area contributed by atoms with E-state index in [0.29, 0.717) is 6.42 Å². The first-order valence-electron chi connectivity index (χ1n) is 12.7. The topological polar surface area (TPSA) is 87.2 Å². The van der Waals surface area contributed by atoms with Crippen LogP contribution >= 0.6 is 0 Å². The molecule has 0 spiro atoms. The molecule has 31 heavy (non-hydrogen) atoms. The van der Waals surface area contributed by atoms with Gasteiger partial charge in [0.15, 0.2) is 11.6 Å². The van der Waals surface area contributed by atoms with Crippen molar-refractivity contribution in [3.63, 3.8) is 0 Å². The van der Waals surface area contributed by atoms with Gasteiger partial charge in [-0.3, -0.25) is 0 Å². The highest BCUT2D eigenvalue weighted by Crippen LogP contribution is 2.59. The van der Waals surface area contributed by atoms with Crippen molar-refractivity contribution in [1.29, 1.82) is 0 Å². The summed E-state index contributed by atoms with van der Waals surface area (Å²) in [6.45, 7) is 0. The Balaban J connectivity index is 1.03. The lowest BCUT2D eigenvalue weighted by atomic mass is 9.53. The summed E-state index contributed by atoms with van der Waals surface area (Å²) in [6, 6.07) is 0. The SMILES string of the molecule is C(c1nnn(C23CC4CC(CC(C4)C2)C3)n1)c1nnn(C23CC4CC(CC(C4)C2)C3)n1. The number of rotatable bonds is 4. The fourth-order valence-electron chi connectivity index (χ4n) is 9.79. The van der Waals surface area contributed by atoms with Crippen LogP contribution in [0.3, 0.4) is 0 Å². The molecule has 164 valence electrons. The fraction of sp³-hybridized carbons (Fsp3) is 0.913. The van der Waals surface area contributed by atoms with Gasteiger partial charge >= 0.3 is 0 Å². The number of nitrogens with zero attached hydrogens (tertiary/aromatic N) is 8. The minimum atomic E-state index is 0.129. The maximum atomic E-state index is 4.87. The molecular weight excluding hydrogens is 388 g/mol. The van der Waals surface area contributed by atoms with Crippen LogP contribution in [0, 0.1) is 35.5 Å². The van der Waals surface area contributed by atoms with E-state index in [2.05, 4.69) is 20.6 Å². The van der Waals surface area contributed by atoms with Crippen molar-refractivity contribution >= 4 is 0 Å². The third-order valence-corrected chi connectivity index (χ3v) is 10.1. The Morgan fingerprint density at radius 3 is 1.19 bits per heavy atom. The highest BCUT2D eigenvalue weighted by Gasteiger charge is 2.54. The van der Waals surface area contributed by atoms with Gasteiger partial charge in [-0.15, -0.1) is 20.4 Å². The normalized spacial score (nSPS) is 46.8. The number of hydrogen-bond acceptors (Lipinski definition) is 6. The lowest BCUT2D eigenvalue weighted by molar-refractivity contribution is -0.0575. The standard InChI is InChI=1S/C23H32N8/c1-14-2-16-3-15(1)9-22(8-14,10-16)30-26-20(24-28-30)7-21-25-29-31(27-21)23-11-17-4-18(12-23)6-19(5-17)13-23/h14-19H,1-13H2. The van der Waals surface area contributed by atoms with Gasteiger partial charge in [-0.05, 0) is 123 Å². The van der Waals surface area contributed by atoms with Crippen LogP contribution in [-0.4, -0.2) is 40.4 Å². The molecule has 0 unspecified atom stereocenters. The first-order valence-corrected chi connectivity index (χ1v) is 12.7. The molecule has 8 aliphatic rings. The molecule has 2 heterocycles. The largest absolute Gasteiger partial charge is 0.182 e. The van der Waals surface area contributed by atoms with Crippen molar-refractivity contribution in [2.24, 2.45) is 35.5 Å². The van der Waals surface area contributed by atoms with E-state index in [1.165, 1.54) is 77.0 Å². The molecule has 8 fully saturated rings. The van der Waals surface area contributed by atoms with Gasteiger partial charge in [-0.2, -0.15) is 9.59 Å². The minimum Gasteiger partial charge on any atom is -0.158 e. The average molecular weight is 421 g/mol. The van der Waals surface area contributed by atoms with Crippen molar-refractivity contribution < 1.29 is 0 Å². The molecule has 0 amide bonds. The molecule has 2 aromatic rings. The van der Waals surface area contributed by atoms with Gasteiger partial charge in [0, 0.05) is 0 Å². The zero-order valence-electron chi connectivity index (χ0n) is 18.2. The Bertz CT molecular complexity index is 870. The molecule has 0 atom stereocenters. The van der Waals surface area contributed by atoms with Gasteiger partial charge in [0.25, 0.3) is 0 Å². The van der Waals surface area contributed by atoms with E-state index in [1.807, 2.05) is 9.59 Å². The van der Waals surface area contributed by atoms with E-state index in [4.69, 9.17) is 10.2 Å². The van der Waals surface area contributed by atoms with Crippen LogP contribution in [0.4, 0.5) is 0 Å². The van der Waals surface area contributed by atoms with E-state index < -0.39 is 0 Å². The molecule has 0 aromatic carbocycles. The van der Waals surface area contributed by atoms with Crippen molar-refractivity contribution in [1.82, 2.24) is 40.4 Å². The van der Waals surface area contributed by atoms with Gasteiger partial charge in [-0.1, -0.05) is 0 Å². The zero-order valence-corrected chi connectivity index (χ0v) is 18.2. The number of tetrazole rings is 2. The molecule has 8 heteroatoms. The first kappa shape index (κ1) is 17.7. The zero-order chi connectivity index (χ0) is 20.2. The Labute approximate surface area is 182 Å². The second-order valence-corrected chi connectivity index (χ2v) is 12.5. The van der Waals surface area contributed by atoms with Crippen molar-refractivity contribution in [2.75, 3.05) is 0 Å². The summed E-state index contributed by atoms with van der Waals surface area (Å²) in [5.74, 6) is 6.77. The quantitative estimate of drug-likeness (QED) is 0.755. The van der Waals surface area contributed by atoms with E-state index >= 15 is 0 Å². The van der Waals surface area contributed by atoms with Crippen LogP contribution in [0.2, 0.25) is 0 Å². The summed E-state index contributed by atoms with van der Waals surface area (Å²) in [7, 11) is 0. The molecule has 8 saturated carbocycles. The second-order valence-electron chi connectivity index (χ2n) is 12.5. The summed E-state index contributed by atoms with van der Waals surface area (Å²) in [5.41, 5.74) is 0.258. The fourth-order valence-corrected chi connectivity index (χ4v) is 9.79. The smallest absolute Gasteiger partial charge is 0.158 e. The maximum Gasteiger partial charge on any atom is 0.182 e. The van der Waals surface area contributed by atoms with Gasteiger partial charge in [0.05, 0.1) is 17.5 Å². The van der Waals surface area contributed by atoms with E-state index in [1.54, 1.807) is 0 Å². The average Bonchev–Trinajstić information content (AvgIpc) is 3.37. The van der Waals surface area contributed by atoms with Gasteiger partial charge in [0.1, 0.15) is 0 Å². The number of aromatic nitrogens is 8. The Kier molecular flexibility index (Phi) is 3.38. The Morgan fingerprint density at radius 2 is 0.871 bits per heavy atom. The summed E-state index contributed by atoms with van der Waals surface area (Å²) < 4.78 is 0. The van der Waals surface area contributed by atoms with Gasteiger partial charge < -0.3 is 0 Å². The van der Waals surface area contributed by atoms with E-state index in [9.17, 15) is 0 Å². The molecule has 8 nitrogen and oxygen atoms in total. The monoisotopic (exact) mass is 420 g/mol. The molecule has 0 N–H and O–H groups in total. The molecule has 0 aliphatic heterocycles. The predicted molar refractivity (Wildman–Crippen MR) is 111 cm³/mol. The molecular formula is C23H32N8. The summed E-state index contributed by atoms with van der Waals surface area (Å²) >= 11 is 0. The molecule has 0 radical (unpaired) electrons. The van der Waals surface area contributed by atoms with Crippen molar-refractivity contribution in [3.8, 4) is 0 Å². The summed E-state index contributed by atoms with van der Waals surface area (Å²) in [4.78, 5) is 3.99. The maximum absolute atomic E-state index is 4.87. The third-order valence-electron chi connectivity index (χ3n) is 10.1. The summed E-state index contributed by atoms with van der Waals surface area (Å²) in [6.07, 6.45) is 16.6. The Morgan fingerprint density at radius 1 is 0.548 bits per heavy atom. The molecule has 8 bridgehead atoms. The van der Waals surface area contributed by atoms with Crippen LogP contribution in [0.1, 0.15) is 88.7 Å². The highest BCUT2D eigenvalue weighted by atomic mass is 15.6. The molecule has 10 rings (SSSR count). The van der Waals surface area contributed by atoms with Crippen LogP contribution in [-0.2, 0) is 17.5 Å². The van der Waals surface area contributed by atoms with E-state index in [0.717, 1.165) is 47.2 Å². The lowest BCUT2D eigenvalue weighted by Crippen LogP contribution is -2.52. The first-order chi connectivity index (χ1) is 15.1.